The van der Waals surface area contributed by atoms with Gasteiger partial charge in [0, 0.05) is 34.6 Å². The smallest absolute Gasteiger partial charge is 0.263 e. The molecule has 2 amide bonds. The summed E-state index contributed by atoms with van der Waals surface area (Å²) in [5, 5.41) is 6.79. The molecule has 0 aliphatic rings. The zero-order valence-electron chi connectivity index (χ0n) is 11.5. The Balaban J connectivity index is 2.06. The monoisotopic (exact) mass is 325 g/mol. The fraction of sp³-hybridized carbons (Fsp3) is 0.286. The Bertz CT molecular complexity index is 684. The minimum absolute atomic E-state index is 0.0890. The second-order valence-electron chi connectivity index (χ2n) is 4.44. The van der Waals surface area contributed by atoms with Gasteiger partial charge in [-0.15, -0.1) is 11.3 Å². The van der Waals surface area contributed by atoms with Crippen LogP contribution in [0, 0.1) is 0 Å². The highest BCUT2D eigenvalue weighted by atomic mass is 35.5. The van der Waals surface area contributed by atoms with E-state index in [2.05, 4.69) is 10.6 Å². The fourth-order valence-corrected chi connectivity index (χ4v) is 3.23. The number of amides is 2. The van der Waals surface area contributed by atoms with Crippen LogP contribution in [0.15, 0.2) is 18.2 Å². The summed E-state index contributed by atoms with van der Waals surface area (Å²) in [4.78, 5) is 23.9. The lowest BCUT2D eigenvalue weighted by Crippen LogP contribution is -2.30. The number of halogens is 1. The van der Waals surface area contributed by atoms with E-state index < -0.39 is 0 Å². The highest BCUT2D eigenvalue weighted by Gasteiger charge is 2.16. The zero-order chi connectivity index (χ0) is 15.4. The van der Waals surface area contributed by atoms with Gasteiger partial charge in [-0.2, -0.15) is 0 Å². The summed E-state index contributed by atoms with van der Waals surface area (Å²) in [5.41, 5.74) is 6.44. The Kier molecular flexibility index (Phi) is 5.03. The molecule has 112 valence electrons. The topological polar surface area (TPSA) is 84.2 Å². The highest BCUT2D eigenvalue weighted by molar-refractivity contribution is 7.21. The van der Waals surface area contributed by atoms with Crippen LogP contribution >= 0.6 is 22.9 Å². The number of rotatable bonds is 5. The van der Waals surface area contributed by atoms with Gasteiger partial charge in [0.25, 0.3) is 5.91 Å². The number of hydrogen-bond acceptors (Lipinski definition) is 4. The van der Waals surface area contributed by atoms with Crippen LogP contribution in [0.25, 0.3) is 10.1 Å². The minimum Gasteiger partial charge on any atom is -0.397 e. The van der Waals surface area contributed by atoms with Crippen molar-refractivity contribution in [2.24, 2.45) is 0 Å². The number of nitrogen functional groups attached to an aromatic ring is 1. The van der Waals surface area contributed by atoms with Gasteiger partial charge < -0.3 is 16.4 Å². The molecule has 0 bridgehead atoms. The molecule has 7 heteroatoms. The van der Waals surface area contributed by atoms with Gasteiger partial charge in [0.1, 0.15) is 4.88 Å². The first-order valence-electron chi connectivity index (χ1n) is 6.55. The predicted octanol–water partition coefficient (Wildman–Crippen LogP) is 2.39. The molecule has 0 saturated heterocycles. The molecule has 0 atom stereocenters. The number of hydrogen-bond donors (Lipinski definition) is 3. The maximum absolute atomic E-state index is 12.1. The van der Waals surface area contributed by atoms with Gasteiger partial charge in [0.15, 0.2) is 0 Å². The number of nitrogens with two attached hydrogens (primary N) is 1. The third-order valence-electron chi connectivity index (χ3n) is 2.91. The number of fused-ring (bicyclic) bond motifs is 1. The molecule has 2 aromatic rings. The summed E-state index contributed by atoms with van der Waals surface area (Å²) in [6.45, 7) is 2.70. The van der Waals surface area contributed by atoms with Crippen LogP contribution in [0.3, 0.4) is 0 Å². The largest absolute Gasteiger partial charge is 0.397 e. The van der Waals surface area contributed by atoms with Gasteiger partial charge in [-0.05, 0) is 25.1 Å². The first-order chi connectivity index (χ1) is 10.0. The molecule has 0 unspecified atom stereocenters. The van der Waals surface area contributed by atoms with E-state index in [-0.39, 0.29) is 24.8 Å². The Morgan fingerprint density at radius 1 is 1.33 bits per heavy atom. The predicted molar refractivity (Wildman–Crippen MR) is 86.9 cm³/mol. The van der Waals surface area contributed by atoms with Crippen molar-refractivity contribution in [1.82, 2.24) is 10.6 Å². The van der Waals surface area contributed by atoms with Crippen molar-refractivity contribution in [3.8, 4) is 0 Å². The molecule has 5 nitrogen and oxygen atoms in total. The van der Waals surface area contributed by atoms with Crippen LogP contribution < -0.4 is 16.4 Å². The average molecular weight is 326 g/mol. The van der Waals surface area contributed by atoms with Crippen LogP contribution in [0.4, 0.5) is 5.69 Å². The minimum atomic E-state index is -0.269. The van der Waals surface area contributed by atoms with E-state index in [1.54, 1.807) is 18.2 Å². The average Bonchev–Trinajstić information content (AvgIpc) is 2.75. The van der Waals surface area contributed by atoms with E-state index in [1.807, 2.05) is 6.92 Å². The number of nitrogens with one attached hydrogen (secondary N) is 2. The first kappa shape index (κ1) is 15.6. The molecule has 1 aromatic heterocycles. The fourth-order valence-electron chi connectivity index (χ4n) is 1.91. The van der Waals surface area contributed by atoms with Crippen molar-refractivity contribution in [3.05, 3.63) is 28.1 Å². The van der Waals surface area contributed by atoms with Gasteiger partial charge in [-0.1, -0.05) is 11.6 Å². The van der Waals surface area contributed by atoms with Crippen molar-refractivity contribution in [2.45, 2.75) is 13.3 Å². The number of carbonyl (C=O) groups is 2. The van der Waals surface area contributed by atoms with Gasteiger partial charge in [-0.3, -0.25) is 9.59 Å². The van der Waals surface area contributed by atoms with Crippen LogP contribution in [0.2, 0.25) is 5.02 Å². The molecule has 2 rings (SSSR count). The molecule has 0 aliphatic carbocycles. The Labute approximate surface area is 131 Å². The van der Waals surface area contributed by atoms with Crippen molar-refractivity contribution >= 4 is 50.5 Å². The lowest BCUT2D eigenvalue weighted by Gasteiger charge is -2.04. The van der Waals surface area contributed by atoms with E-state index in [9.17, 15) is 9.59 Å². The van der Waals surface area contributed by atoms with Crippen molar-refractivity contribution < 1.29 is 9.59 Å². The third kappa shape index (κ3) is 3.65. The maximum atomic E-state index is 12.1. The molecule has 0 radical (unpaired) electrons. The number of carbonyl (C=O) groups excluding carboxylic acids is 2. The van der Waals surface area contributed by atoms with E-state index in [4.69, 9.17) is 17.3 Å². The molecule has 0 spiro atoms. The summed E-state index contributed by atoms with van der Waals surface area (Å²) in [6, 6.07) is 5.32. The second kappa shape index (κ2) is 6.78. The summed E-state index contributed by atoms with van der Waals surface area (Å²) in [7, 11) is 0. The van der Waals surface area contributed by atoms with Crippen LogP contribution in [-0.4, -0.2) is 24.9 Å². The van der Waals surface area contributed by atoms with E-state index >= 15 is 0 Å². The summed E-state index contributed by atoms with van der Waals surface area (Å²) >= 11 is 7.22. The second-order valence-corrected chi connectivity index (χ2v) is 5.93. The Morgan fingerprint density at radius 3 is 2.81 bits per heavy atom. The van der Waals surface area contributed by atoms with Gasteiger partial charge in [0.2, 0.25) is 5.91 Å². The molecule has 1 aromatic carbocycles. The Morgan fingerprint density at radius 2 is 2.10 bits per heavy atom. The molecular weight excluding hydrogens is 310 g/mol. The van der Waals surface area contributed by atoms with Crippen molar-refractivity contribution in [2.75, 3.05) is 18.8 Å². The van der Waals surface area contributed by atoms with E-state index in [1.165, 1.54) is 11.3 Å². The van der Waals surface area contributed by atoms with Crippen LogP contribution in [0.1, 0.15) is 23.0 Å². The molecule has 0 aliphatic heterocycles. The molecule has 21 heavy (non-hydrogen) atoms. The van der Waals surface area contributed by atoms with Crippen LogP contribution in [-0.2, 0) is 4.79 Å². The lowest BCUT2D eigenvalue weighted by atomic mass is 10.2. The van der Waals surface area contributed by atoms with E-state index in [0.29, 0.717) is 22.1 Å². The van der Waals surface area contributed by atoms with Crippen molar-refractivity contribution in [1.29, 1.82) is 0 Å². The lowest BCUT2D eigenvalue weighted by molar-refractivity contribution is -0.120. The maximum Gasteiger partial charge on any atom is 0.263 e. The molecular formula is C14H16ClN3O2S. The zero-order valence-corrected chi connectivity index (χ0v) is 13.1. The summed E-state index contributed by atoms with van der Waals surface area (Å²) < 4.78 is 0.869. The molecule has 0 fully saturated rings. The van der Waals surface area contributed by atoms with Crippen molar-refractivity contribution in [3.63, 3.8) is 0 Å². The normalized spacial score (nSPS) is 10.6. The Hall–Kier alpha value is -1.79. The highest BCUT2D eigenvalue weighted by Crippen LogP contribution is 2.35. The summed E-state index contributed by atoms with van der Waals surface area (Å²) in [5.74, 6) is -0.358. The summed E-state index contributed by atoms with van der Waals surface area (Å²) in [6.07, 6.45) is 0.246. The number of anilines is 1. The van der Waals surface area contributed by atoms with E-state index in [0.717, 1.165) is 10.1 Å². The standard InChI is InChI=1S/C14H16ClN3O2S/c1-2-17-11(19)5-6-18-14(20)13-12(16)9-4-3-8(15)7-10(9)21-13/h3-4,7H,2,5-6,16H2,1H3,(H,17,19)(H,18,20). The SMILES string of the molecule is CCNC(=O)CCNC(=O)c1sc2cc(Cl)ccc2c1N. The molecule has 0 saturated carbocycles. The third-order valence-corrected chi connectivity index (χ3v) is 4.31. The number of benzene rings is 1. The quantitative estimate of drug-likeness (QED) is 0.789. The van der Waals surface area contributed by atoms with Gasteiger partial charge >= 0.3 is 0 Å². The first-order valence-corrected chi connectivity index (χ1v) is 7.74. The number of thiophene rings is 1. The molecule has 4 N–H and O–H groups in total. The van der Waals surface area contributed by atoms with Crippen LogP contribution in [0.5, 0.6) is 0 Å². The van der Waals surface area contributed by atoms with Gasteiger partial charge in [-0.25, -0.2) is 0 Å². The molecule has 1 heterocycles. The van der Waals surface area contributed by atoms with Gasteiger partial charge in [0.05, 0.1) is 5.69 Å².